The Morgan fingerprint density at radius 3 is 2.27 bits per heavy atom. The van der Waals surface area contributed by atoms with Gasteiger partial charge in [0.25, 0.3) is 0 Å². The van der Waals surface area contributed by atoms with Crippen LogP contribution in [0.1, 0.15) is 0 Å². The lowest BCUT2D eigenvalue weighted by molar-refractivity contribution is -0.205. The van der Waals surface area contributed by atoms with E-state index in [1.54, 1.807) is 0 Å². The Kier molecular flexibility index (Phi) is 4.32. The summed E-state index contributed by atoms with van der Waals surface area (Å²) in [6.45, 7) is -0.568. The Hall–Kier alpha value is -0.380. The maximum absolute atomic E-state index is 10.4. The highest BCUT2D eigenvalue weighted by Gasteiger charge is 2.44. The molecule has 1 aliphatic heterocycles. The molecule has 0 amide bonds. The number of carboxylic acid groups (broad SMARTS) is 1. The van der Waals surface area contributed by atoms with Crippen molar-refractivity contribution in [2.24, 2.45) is 0 Å². The molecule has 0 spiro atoms. The summed E-state index contributed by atoms with van der Waals surface area (Å²) in [6, 6.07) is 0. The van der Waals surface area contributed by atoms with Crippen LogP contribution in [0, 0.1) is 0 Å². The molecule has 0 saturated carbocycles. The molecule has 1 rings (SSSR count). The van der Waals surface area contributed by atoms with E-state index in [1.165, 1.54) is 0 Å². The molecule has 0 radical (unpaired) electrons. The number of rotatable bonds is 2. The first-order valence-corrected chi connectivity index (χ1v) is 5.05. The third-order valence-electron chi connectivity index (χ3n) is 2.07. The largest absolute Gasteiger partial charge is 0.473 e. The molecule has 0 aromatic heterocycles. The van der Waals surface area contributed by atoms with Gasteiger partial charge in [0.1, 0.15) is 29.9 Å². The molecule has 1 unspecified atom stereocenters. The number of ether oxygens (including phenoxy) is 1. The fourth-order valence-electron chi connectivity index (χ4n) is 1.26. The second-order valence-corrected chi connectivity index (χ2v) is 4.13. The standard InChI is InChI=1S/C7H12O7S/c8-1-2-3(9)4(10)5(11)6(14-2)15-7(12)13/h2-6,8-11H,1H2,(H,12,13)/t2-,3-,4+,5-,6?/m1/s1. The SMILES string of the molecule is O=C(O)SC1O[C@H](CO)[C@@H](O)[C@H](O)[C@H]1O. The second kappa shape index (κ2) is 5.10. The lowest BCUT2D eigenvalue weighted by Gasteiger charge is -2.38. The van der Waals surface area contributed by atoms with E-state index >= 15 is 0 Å². The van der Waals surface area contributed by atoms with Crippen molar-refractivity contribution in [1.82, 2.24) is 0 Å². The van der Waals surface area contributed by atoms with Gasteiger partial charge in [0.2, 0.25) is 0 Å². The van der Waals surface area contributed by atoms with Crippen LogP contribution in [-0.2, 0) is 4.74 Å². The maximum atomic E-state index is 10.4. The molecule has 1 heterocycles. The third-order valence-corrected chi connectivity index (χ3v) is 2.89. The molecule has 8 heteroatoms. The van der Waals surface area contributed by atoms with Crippen molar-refractivity contribution in [2.45, 2.75) is 29.9 Å². The minimum absolute atomic E-state index is 0.271. The molecule has 5 N–H and O–H groups in total. The van der Waals surface area contributed by atoms with Crippen LogP contribution in [-0.4, -0.2) is 67.3 Å². The predicted octanol–water partition coefficient (Wildman–Crippen LogP) is -1.80. The summed E-state index contributed by atoms with van der Waals surface area (Å²) in [5.41, 5.74) is -1.21. The quantitative estimate of drug-likeness (QED) is 0.382. The number of hydrogen-bond acceptors (Lipinski definition) is 7. The number of aliphatic hydroxyl groups is 4. The van der Waals surface area contributed by atoms with E-state index in [2.05, 4.69) is 0 Å². The molecule has 5 atom stereocenters. The molecule has 1 fully saturated rings. The van der Waals surface area contributed by atoms with Gasteiger partial charge in [0.05, 0.1) is 6.61 Å². The van der Waals surface area contributed by atoms with E-state index < -0.39 is 41.8 Å². The molecule has 1 saturated heterocycles. The highest BCUT2D eigenvalue weighted by atomic mass is 32.2. The van der Waals surface area contributed by atoms with E-state index in [4.69, 9.17) is 14.9 Å². The van der Waals surface area contributed by atoms with Crippen molar-refractivity contribution in [2.75, 3.05) is 6.61 Å². The van der Waals surface area contributed by atoms with Gasteiger partial charge in [-0.05, 0) is 11.8 Å². The fourth-order valence-corrected chi connectivity index (χ4v) is 1.96. The van der Waals surface area contributed by atoms with Crippen LogP contribution in [0.4, 0.5) is 4.79 Å². The zero-order chi connectivity index (χ0) is 11.6. The zero-order valence-corrected chi connectivity index (χ0v) is 8.37. The van der Waals surface area contributed by atoms with Gasteiger partial charge in [-0.15, -0.1) is 0 Å². The molecule has 0 aromatic rings. The van der Waals surface area contributed by atoms with Gasteiger partial charge >= 0.3 is 5.30 Å². The van der Waals surface area contributed by atoms with Gasteiger partial charge in [0.15, 0.2) is 0 Å². The third kappa shape index (κ3) is 2.80. The minimum atomic E-state index is -1.53. The molecule has 7 nitrogen and oxygen atoms in total. The molecule has 1 aliphatic rings. The van der Waals surface area contributed by atoms with E-state index in [0.717, 1.165) is 0 Å². The topological polar surface area (TPSA) is 127 Å². The Bertz CT molecular complexity index is 233. The molecule has 88 valence electrons. The summed E-state index contributed by atoms with van der Waals surface area (Å²) in [6.07, 6.45) is -5.58. The van der Waals surface area contributed by atoms with E-state index in [9.17, 15) is 20.1 Å². The van der Waals surface area contributed by atoms with Crippen LogP contribution in [0.5, 0.6) is 0 Å². The van der Waals surface area contributed by atoms with Crippen molar-refractivity contribution >= 4 is 17.1 Å². The number of hydrogen-bond donors (Lipinski definition) is 5. The molecular formula is C7H12O7S. The van der Waals surface area contributed by atoms with Gasteiger partial charge < -0.3 is 30.3 Å². The van der Waals surface area contributed by atoms with Crippen LogP contribution in [0.2, 0.25) is 0 Å². The molecule has 0 aliphatic carbocycles. The van der Waals surface area contributed by atoms with Crippen molar-refractivity contribution in [3.8, 4) is 0 Å². The van der Waals surface area contributed by atoms with Crippen LogP contribution in [0.25, 0.3) is 0 Å². The molecule has 0 bridgehead atoms. The van der Waals surface area contributed by atoms with Crippen LogP contribution in [0.3, 0.4) is 0 Å². The minimum Gasteiger partial charge on any atom is -0.473 e. The molecular weight excluding hydrogens is 228 g/mol. The van der Waals surface area contributed by atoms with Crippen molar-refractivity contribution in [3.63, 3.8) is 0 Å². The summed E-state index contributed by atoms with van der Waals surface area (Å²) in [5.74, 6) is 0. The normalized spacial score (nSPS) is 41.5. The highest BCUT2D eigenvalue weighted by molar-refractivity contribution is 8.13. The van der Waals surface area contributed by atoms with E-state index in [0.29, 0.717) is 0 Å². The summed E-state index contributed by atoms with van der Waals surface area (Å²) < 4.78 is 4.91. The monoisotopic (exact) mass is 240 g/mol. The summed E-state index contributed by atoms with van der Waals surface area (Å²) in [5, 5.41) is 44.0. The van der Waals surface area contributed by atoms with Crippen LogP contribution >= 0.6 is 11.8 Å². The lowest BCUT2D eigenvalue weighted by atomic mass is 10.0. The number of carbonyl (C=O) groups is 1. The average Bonchev–Trinajstić information content (AvgIpc) is 2.18. The predicted molar refractivity (Wildman–Crippen MR) is 49.4 cm³/mol. The Labute approximate surface area is 89.3 Å². The summed E-state index contributed by atoms with van der Waals surface area (Å²) in [7, 11) is 0. The first-order chi connectivity index (χ1) is 6.97. The van der Waals surface area contributed by atoms with Gasteiger partial charge in [-0.2, -0.15) is 0 Å². The lowest BCUT2D eigenvalue weighted by Crippen LogP contribution is -2.57. The Morgan fingerprint density at radius 1 is 1.20 bits per heavy atom. The van der Waals surface area contributed by atoms with Gasteiger partial charge in [-0.25, -0.2) is 4.79 Å². The Morgan fingerprint density at radius 2 is 1.80 bits per heavy atom. The smallest absolute Gasteiger partial charge is 0.367 e. The van der Waals surface area contributed by atoms with E-state index in [1.807, 2.05) is 0 Å². The average molecular weight is 240 g/mol. The van der Waals surface area contributed by atoms with Crippen molar-refractivity contribution in [3.05, 3.63) is 0 Å². The first-order valence-electron chi connectivity index (χ1n) is 4.17. The summed E-state index contributed by atoms with van der Waals surface area (Å²) in [4.78, 5) is 10.4. The highest BCUT2D eigenvalue weighted by Crippen LogP contribution is 2.28. The zero-order valence-electron chi connectivity index (χ0n) is 7.55. The first kappa shape index (κ1) is 12.7. The fraction of sp³-hybridized carbons (Fsp3) is 0.857. The number of aliphatic hydroxyl groups excluding tert-OH is 4. The van der Waals surface area contributed by atoms with Gasteiger partial charge in [-0.1, -0.05) is 0 Å². The molecule has 15 heavy (non-hydrogen) atoms. The van der Waals surface area contributed by atoms with Gasteiger partial charge in [-0.3, -0.25) is 0 Å². The van der Waals surface area contributed by atoms with Crippen molar-refractivity contribution < 1.29 is 35.1 Å². The summed E-state index contributed by atoms with van der Waals surface area (Å²) >= 11 is 0.271. The van der Waals surface area contributed by atoms with Crippen LogP contribution < -0.4 is 0 Å². The van der Waals surface area contributed by atoms with Crippen molar-refractivity contribution in [1.29, 1.82) is 0 Å². The van der Waals surface area contributed by atoms with E-state index in [-0.39, 0.29) is 11.8 Å². The molecule has 0 aromatic carbocycles. The Balaban J connectivity index is 2.69. The maximum Gasteiger partial charge on any atom is 0.367 e. The second-order valence-electron chi connectivity index (χ2n) is 3.08. The van der Waals surface area contributed by atoms with Gasteiger partial charge in [0, 0.05) is 0 Å². The number of thioether (sulfide) groups is 1. The van der Waals surface area contributed by atoms with Crippen LogP contribution in [0.15, 0.2) is 0 Å².